The zero-order valence-electron chi connectivity index (χ0n) is 7.07. The maximum atomic E-state index is 10.4. The van der Waals surface area contributed by atoms with Gasteiger partial charge in [0.1, 0.15) is 0 Å². The predicted molar refractivity (Wildman–Crippen MR) is 50.6 cm³/mol. The van der Waals surface area contributed by atoms with E-state index in [1.165, 1.54) is 6.08 Å². The average molecular weight is 190 g/mol. The second-order valence-corrected chi connectivity index (χ2v) is 2.36. The minimum Gasteiger partial charge on any atom is -0.358 e. The van der Waals surface area contributed by atoms with Crippen molar-refractivity contribution in [3.05, 3.63) is 62.3 Å². The molecule has 6 nitrogen and oxygen atoms in total. The van der Waals surface area contributed by atoms with Crippen LogP contribution < -0.4 is 0 Å². The molecule has 14 heavy (non-hydrogen) atoms. The second-order valence-electron chi connectivity index (χ2n) is 2.36. The van der Waals surface area contributed by atoms with Crippen molar-refractivity contribution in [2.75, 3.05) is 0 Å². The molecule has 0 saturated carbocycles. The Kier molecular flexibility index (Phi) is 3.23. The highest BCUT2D eigenvalue weighted by Gasteiger charge is 2.15. The SMILES string of the molecule is [N-]=[N+]=NC(=Cc1ccccc1)[N+](=O)[O-]. The summed E-state index contributed by atoms with van der Waals surface area (Å²) >= 11 is 0. The van der Waals surface area contributed by atoms with E-state index in [9.17, 15) is 10.1 Å². The fraction of sp³-hybridized carbons (Fsp3) is 0. The molecule has 0 fully saturated rings. The van der Waals surface area contributed by atoms with Crippen LogP contribution in [0.25, 0.3) is 16.5 Å². The highest BCUT2D eigenvalue weighted by atomic mass is 16.6. The molecule has 70 valence electrons. The zero-order valence-corrected chi connectivity index (χ0v) is 7.07. The lowest BCUT2D eigenvalue weighted by molar-refractivity contribution is -0.424. The summed E-state index contributed by atoms with van der Waals surface area (Å²) in [5, 5.41) is 13.3. The number of azide groups is 1. The van der Waals surface area contributed by atoms with Gasteiger partial charge in [-0.1, -0.05) is 30.3 Å². The van der Waals surface area contributed by atoms with Gasteiger partial charge in [-0.05, 0) is 10.5 Å². The van der Waals surface area contributed by atoms with E-state index in [0.717, 1.165) is 0 Å². The number of hydrogen-bond donors (Lipinski definition) is 0. The van der Waals surface area contributed by atoms with Crippen molar-refractivity contribution in [3.8, 4) is 0 Å². The average Bonchev–Trinajstić information content (AvgIpc) is 2.18. The van der Waals surface area contributed by atoms with Gasteiger partial charge < -0.3 is 10.1 Å². The fourth-order valence-corrected chi connectivity index (χ4v) is 0.862. The Morgan fingerprint density at radius 3 is 2.64 bits per heavy atom. The first kappa shape index (κ1) is 9.76. The van der Waals surface area contributed by atoms with Crippen molar-refractivity contribution < 1.29 is 4.92 Å². The second kappa shape index (κ2) is 4.64. The van der Waals surface area contributed by atoms with Crippen molar-refractivity contribution in [2.45, 2.75) is 0 Å². The molecule has 0 aliphatic heterocycles. The highest BCUT2D eigenvalue weighted by Crippen LogP contribution is 2.07. The van der Waals surface area contributed by atoms with Crippen molar-refractivity contribution in [1.82, 2.24) is 0 Å². The van der Waals surface area contributed by atoms with E-state index in [4.69, 9.17) is 5.53 Å². The molecule has 1 aromatic rings. The molecule has 1 rings (SSSR count). The fourth-order valence-electron chi connectivity index (χ4n) is 0.862. The number of hydrogen-bond acceptors (Lipinski definition) is 3. The Hall–Kier alpha value is -2.33. The molecule has 0 radical (unpaired) electrons. The maximum Gasteiger partial charge on any atom is 0.457 e. The lowest BCUT2D eigenvalue weighted by atomic mass is 10.2. The number of benzene rings is 1. The Balaban J connectivity index is 3.05. The van der Waals surface area contributed by atoms with Crippen molar-refractivity contribution >= 4 is 6.08 Å². The van der Waals surface area contributed by atoms with Gasteiger partial charge in [-0.3, -0.25) is 0 Å². The Morgan fingerprint density at radius 2 is 2.14 bits per heavy atom. The molecular formula is C8H6N4O2. The summed E-state index contributed by atoms with van der Waals surface area (Å²) in [4.78, 5) is 12.0. The van der Waals surface area contributed by atoms with Gasteiger partial charge >= 0.3 is 10.9 Å². The van der Waals surface area contributed by atoms with Crippen LogP contribution >= 0.6 is 0 Å². The lowest BCUT2D eigenvalue weighted by Crippen LogP contribution is -1.93. The third-order valence-corrected chi connectivity index (χ3v) is 1.43. The number of nitrogens with zero attached hydrogens (tertiary/aromatic N) is 4. The Bertz CT molecular complexity index is 403. The molecule has 0 heterocycles. The zero-order chi connectivity index (χ0) is 10.4. The third kappa shape index (κ3) is 2.62. The summed E-state index contributed by atoms with van der Waals surface area (Å²) in [6.45, 7) is 0. The number of rotatable bonds is 3. The van der Waals surface area contributed by atoms with Crippen LogP contribution in [0.2, 0.25) is 0 Å². The quantitative estimate of drug-likeness (QED) is 0.241. The number of nitro groups is 1. The van der Waals surface area contributed by atoms with Gasteiger partial charge in [0, 0.05) is 5.53 Å². The molecule has 0 spiro atoms. The molecule has 0 aromatic heterocycles. The van der Waals surface area contributed by atoms with E-state index in [-0.39, 0.29) is 0 Å². The molecule has 0 bridgehead atoms. The first-order valence-corrected chi connectivity index (χ1v) is 3.70. The lowest BCUT2D eigenvalue weighted by Gasteiger charge is -1.89. The van der Waals surface area contributed by atoms with Gasteiger partial charge in [0.15, 0.2) is 0 Å². The molecule has 0 saturated heterocycles. The standard InChI is InChI=1S/C8H6N4O2/c9-11-10-8(12(13)14)6-7-4-2-1-3-5-7/h1-6H. The highest BCUT2D eigenvalue weighted by molar-refractivity contribution is 5.50. The summed E-state index contributed by atoms with van der Waals surface area (Å²) < 4.78 is 0. The van der Waals surface area contributed by atoms with Crippen LogP contribution in [0.5, 0.6) is 0 Å². The topological polar surface area (TPSA) is 91.9 Å². The minimum absolute atomic E-state index is 0.515. The van der Waals surface area contributed by atoms with Gasteiger partial charge in [-0.15, -0.1) is 0 Å². The molecular weight excluding hydrogens is 184 g/mol. The molecule has 0 aliphatic carbocycles. The van der Waals surface area contributed by atoms with Gasteiger partial charge in [0.2, 0.25) is 4.91 Å². The van der Waals surface area contributed by atoms with E-state index >= 15 is 0 Å². The molecule has 0 unspecified atom stereocenters. The summed E-state index contributed by atoms with van der Waals surface area (Å²) in [7, 11) is 0. The van der Waals surface area contributed by atoms with E-state index in [2.05, 4.69) is 10.0 Å². The molecule has 0 amide bonds. The van der Waals surface area contributed by atoms with Crippen LogP contribution in [-0.4, -0.2) is 4.92 Å². The van der Waals surface area contributed by atoms with E-state index < -0.39 is 10.7 Å². The normalized spacial score (nSPS) is 10.4. The molecule has 0 atom stereocenters. The van der Waals surface area contributed by atoms with Crippen molar-refractivity contribution in [3.63, 3.8) is 0 Å². The minimum atomic E-state index is -0.729. The van der Waals surface area contributed by atoms with Gasteiger partial charge in [-0.25, -0.2) is 0 Å². The molecule has 6 heteroatoms. The van der Waals surface area contributed by atoms with E-state index in [1.807, 2.05) is 0 Å². The third-order valence-electron chi connectivity index (χ3n) is 1.43. The van der Waals surface area contributed by atoms with Crippen LogP contribution in [-0.2, 0) is 0 Å². The van der Waals surface area contributed by atoms with Crippen LogP contribution in [0, 0.1) is 10.1 Å². The van der Waals surface area contributed by atoms with Crippen molar-refractivity contribution in [2.24, 2.45) is 5.11 Å². The summed E-state index contributed by atoms with van der Waals surface area (Å²) in [5.74, 6) is -0.515. The van der Waals surface area contributed by atoms with Gasteiger partial charge in [0.05, 0.1) is 6.08 Å². The largest absolute Gasteiger partial charge is 0.457 e. The summed E-state index contributed by atoms with van der Waals surface area (Å²) in [6, 6.07) is 8.61. The maximum absolute atomic E-state index is 10.4. The summed E-state index contributed by atoms with van der Waals surface area (Å²) in [6.07, 6.45) is 1.21. The van der Waals surface area contributed by atoms with Crippen LogP contribution in [0.3, 0.4) is 0 Å². The Labute approximate surface area is 79.3 Å². The first-order valence-electron chi connectivity index (χ1n) is 3.70. The predicted octanol–water partition coefficient (Wildman–Crippen LogP) is 2.57. The van der Waals surface area contributed by atoms with Crippen LogP contribution in [0.1, 0.15) is 5.56 Å². The smallest absolute Gasteiger partial charge is 0.358 e. The molecule has 0 aliphatic rings. The van der Waals surface area contributed by atoms with Crippen molar-refractivity contribution in [1.29, 1.82) is 0 Å². The molecule has 0 N–H and O–H groups in total. The van der Waals surface area contributed by atoms with E-state index in [1.54, 1.807) is 30.3 Å². The van der Waals surface area contributed by atoms with Crippen LogP contribution in [0.4, 0.5) is 0 Å². The van der Waals surface area contributed by atoms with Crippen LogP contribution in [0.15, 0.2) is 41.3 Å². The monoisotopic (exact) mass is 190 g/mol. The Morgan fingerprint density at radius 1 is 1.50 bits per heavy atom. The molecule has 1 aromatic carbocycles. The summed E-state index contributed by atoms with van der Waals surface area (Å²) in [5.41, 5.74) is 8.69. The van der Waals surface area contributed by atoms with E-state index in [0.29, 0.717) is 5.56 Å². The first-order chi connectivity index (χ1) is 6.74. The van der Waals surface area contributed by atoms with Gasteiger partial charge in [0.25, 0.3) is 0 Å². The van der Waals surface area contributed by atoms with Gasteiger partial charge in [-0.2, -0.15) is 0 Å².